The number of hydrogen-bond donors (Lipinski definition) is 0. The fraction of sp³-hybridized carbons (Fsp3) is 0.526. The minimum atomic E-state index is 0.0190. The Hall–Kier alpha value is -1.57. The van der Waals surface area contributed by atoms with Gasteiger partial charge in [0.05, 0.1) is 0 Å². The third-order valence-corrected chi connectivity index (χ3v) is 5.29. The molecule has 2 nitrogen and oxygen atoms in total. The van der Waals surface area contributed by atoms with Gasteiger partial charge in [0.2, 0.25) is 0 Å². The van der Waals surface area contributed by atoms with Crippen molar-refractivity contribution < 1.29 is 4.79 Å². The van der Waals surface area contributed by atoms with Gasteiger partial charge in [0, 0.05) is 11.2 Å². The molecule has 0 saturated heterocycles. The Bertz CT molecular complexity index is 569. The first-order valence-corrected chi connectivity index (χ1v) is 8.14. The number of anilines is 1. The van der Waals surface area contributed by atoms with Crippen molar-refractivity contribution in [2.75, 3.05) is 4.90 Å². The second kappa shape index (κ2) is 5.32. The van der Waals surface area contributed by atoms with Gasteiger partial charge in [0.25, 0.3) is 5.91 Å². The predicted octanol–water partition coefficient (Wildman–Crippen LogP) is 4.72. The average Bonchev–Trinajstić information content (AvgIpc) is 2.48. The molecule has 1 saturated carbocycles. The van der Waals surface area contributed by atoms with Crippen LogP contribution in [0.3, 0.4) is 0 Å². The standard InChI is InChI=1S/C19H25NO/c1-4-18(21)20-17-9-8-14(2)12-16(17)15(3)13-19(20)10-6-5-7-11-19/h4,8-9,12,15H,1,5-7,10-11,13H2,2-3H3. The number of fused-ring (bicyclic) bond motifs is 1. The monoisotopic (exact) mass is 283 g/mol. The number of carbonyl (C=O) groups is 1. The van der Waals surface area contributed by atoms with Gasteiger partial charge in [-0.05, 0) is 49.8 Å². The van der Waals surface area contributed by atoms with Crippen molar-refractivity contribution in [2.24, 2.45) is 0 Å². The van der Waals surface area contributed by atoms with Crippen LogP contribution in [0.4, 0.5) is 5.69 Å². The van der Waals surface area contributed by atoms with Crippen molar-refractivity contribution >= 4 is 11.6 Å². The van der Waals surface area contributed by atoms with E-state index in [4.69, 9.17) is 0 Å². The molecule has 1 unspecified atom stereocenters. The van der Waals surface area contributed by atoms with Crippen LogP contribution in [-0.2, 0) is 4.79 Å². The second-order valence-electron chi connectivity index (χ2n) is 6.83. The van der Waals surface area contributed by atoms with E-state index in [-0.39, 0.29) is 11.4 Å². The third kappa shape index (κ3) is 2.31. The molecule has 2 heteroatoms. The predicted molar refractivity (Wildman–Crippen MR) is 87.7 cm³/mol. The van der Waals surface area contributed by atoms with Crippen LogP contribution in [0.15, 0.2) is 30.9 Å². The van der Waals surface area contributed by atoms with Crippen molar-refractivity contribution in [1.82, 2.24) is 0 Å². The Labute approximate surface area is 127 Å². The number of hydrogen-bond acceptors (Lipinski definition) is 1. The molecule has 1 aliphatic carbocycles. The summed E-state index contributed by atoms with van der Waals surface area (Å²) >= 11 is 0. The van der Waals surface area contributed by atoms with Crippen LogP contribution < -0.4 is 4.90 Å². The summed E-state index contributed by atoms with van der Waals surface area (Å²) in [5.74, 6) is 0.584. The number of rotatable bonds is 1. The van der Waals surface area contributed by atoms with E-state index in [1.807, 2.05) is 0 Å². The maximum Gasteiger partial charge on any atom is 0.250 e. The normalized spacial score (nSPS) is 23.7. The van der Waals surface area contributed by atoms with Crippen LogP contribution in [0.1, 0.15) is 62.5 Å². The highest BCUT2D eigenvalue weighted by atomic mass is 16.2. The molecular formula is C19H25NO. The molecule has 1 atom stereocenters. The van der Waals surface area contributed by atoms with Crippen LogP contribution in [0.5, 0.6) is 0 Å². The SMILES string of the molecule is C=CC(=O)N1c2ccc(C)cc2C(C)CC12CCCCC2. The molecular weight excluding hydrogens is 258 g/mol. The van der Waals surface area contributed by atoms with Gasteiger partial charge < -0.3 is 4.90 Å². The molecule has 1 aromatic rings. The van der Waals surface area contributed by atoms with Crippen LogP contribution in [0.2, 0.25) is 0 Å². The molecule has 112 valence electrons. The summed E-state index contributed by atoms with van der Waals surface area (Å²) < 4.78 is 0. The summed E-state index contributed by atoms with van der Waals surface area (Å²) in [5, 5.41) is 0. The molecule has 3 rings (SSSR count). The van der Waals surface area contributed by atoms with Gasteiger partial charge in [0.15, 0.2) is 0 Å². The van der Waals surface area contributed by atoms with E-state index < -0.39 is 0 Å². The smallest absolute Gasteiger partial charge is 0.250 e. The molecule has 2 aliphatic rings. The summed E-state index contributed by atoms with van der Waals surface area (Å²) in [6, 6.07) is 6.51. The Morgan fingerprint density at radius 1 is 1.33 bits per heavy atom. The van der Waals surface area contributed by atoms with E-state index in [0.29, 0.717) is 5.92 Å². The topological polar surface area (TPSA) is 20.3 Å². The lowest BCUT2D eigenvalue weighted by Crippen LogP contribution is -2.56. The number of benzene rings is 1. The molecule has 1 aliphatic heterocycles. The third-order valence-electron chi connectivity index (χ3n) is 5.29. The Morgan fingerprint density at radius 2 is 2.05 bits per heavy atom. The quantitative estimate of drug-likeness (QED) is 0.683. The van der Waals surface area contributed by atoms with Crippen LogP contribution in [0, 0.1) is 6.92 Å². The number of carbonyl (C=O) groups excluding carboxylic acids is 1. The van der Waals surface area contributed by atoms with Crippen LogP contribution in [0.25, 0.3) is 0 Å². The maximum absolute atomic E-state index is 12.6. The van der Waals surface area contributed by atoms with Crippen molar-refractivity contribution in [1.29, 1.82) is 0 Å². The molecule has 1 spiro atoms. The highest BCUT2D eigenvalue weighted by molar-refractivity contribution is 6.03. The second-order valence-corrected chi connectivity index (χ2v) is 6.83. The fourth-order valence-corrected chi connectivity index (χ4v) is 4.38. The molecule has 0 aromatic heterocycles. The average molecular weight is 283 g/mol. The van der Waals surface area contributed by atoms with Gasteiger partial charge in [-0.3, -0.25) is 4.79 Å². The van der Waals surface area contributed by atoms with Crippen LogP contribution in [-0.4, -0.2) is 11.4 Å². The lowest BCUT2D eigenvalue weighted by Gasteiger charge is -2.51. The van der Waals surface area contributed by atoms with Gasteiger partial charge in [-0.15, -0.1) is 0 Å². The van der Waals surface area contributed by atoms with E-state index in [9.17, 15) is 4.79 Å². The summed E-state index contributed by atoms with van der Waals surface area (Å²) in [6.45, 7) is 8.16. The Balaban J connectivity index is 2.14. The van der Waals surface area contributed by atoms with E-state index in [1.54, 1.807) is 0 Å². The van der Waals surface area contributed by atoms with Gasteiger partial charge in [0.1, 0.15) is 0 Å². The van der Waals surface area contributed by atoms with E-state index in [2.05, 4.69) is 43.5 Å². The zero-order chi connectivity index (χ0) is 15.0. The van der Waals surface area contributed by atoms with Crippen molar-refractivity contribution in [3.63, 3.8) is 0 Å². The molecule has 1 fully saturated rings. The van der Waals surface area contributed by atoms with Gasteiger partial charge in [-0.1, -0.05) is 50.5 Å². The lowest BCUT2D eigenvalue weighted by molar-refractivity contribution is -0.115. The van der Waals surface area contributed by atoms with Gasteiger partial charge >= 0.3 is 0 Å². The fourth-order valence-electron chi connectivity index (χ4n) is 4.38. The van der Waals surface area contributed by atoms with E-state index in [1.165, 1.54) is 36.5 Å². The minimum absolute atomic E-state index is 0.0190. The molecule has 0 radical (unpaired) electrons. The summed E-state index contributed by atoms with van der Waals surface area (Å²) in [4.78, 5) is 14.7. The lowest BCUT2D eigenvalue weighted by atomic mass is 9.70. The summed E-state index contributed by atoms with van der Waals surface area (Å²) in [5.41, 5.74) is 3.73. The highest BCUT2D eigenvalue weighted by Gasteiger charge is 2.46. The van der Waals surface area contributed by atoms with Crippen molar-refractivity contribution in [2.45, 2.75) is 63.8 Å². The first kappa shape index (κ1) is 14.4. The minimum Gasteiger partial charge on any atom is -0.302 e. The molecule has 1 aromatic carbocycles. The molecule has 21 heavy (non-hydrogen) atoms. The van der Waals surface area contributed by atoms with Crippen LogP contribution >= 0.6 is 0 Å². The Kier molecular flexibility index (Phi) is 3.64. The number of nitrogens with zero attached hydrogens (tertiary/aromatic N) is 1. The Morgan fingerprint density at radius 3 is 2.71 bits per heavy atom. The molecule has 0 bridgehead atoms. The molecule has 1 heterocycles. The van der Waals surface area contributed by atoms with Crippen molar-refractivity contribution in [3.05, 3.63) is 42.0 Å². The zero-order valence-electron chi connectivity index (χ0n) is 13.2. The number of aryl methyl sites for hydroxylation is 1. The molecule has 1 amide bonds. The van der Waals surface area contributed by atoms with Crippen molar-refractivity contribution in [3.8, 4) is 0 Å². The molecule has 0 N–H and O–H groups in total. The van der Waals surface area contributed by atoms with Gasteiger partial charge in [-0.25, -0.2) is 0 Å². The maximum atomic E-state index is 12.6. The highest BCUT2D eigenvalue weighted by Crippen LogP contribution is 2.49. The first-order chi connectivity index (χ1) is 10.1. The first-order valence-electron chi connectivity index (χ1n) is 8.14. The number of amides is 1. The van der Waals surface area contributed by atoms with E-state index >= 15 is 0 Å². The summed E-state index contributed by atoms with van der Waals surface area (Å²) in [6.07, 6.45) is 8.59. The summed E-state index contributed by atoms with van der Waals surface area (Å²) in [7, 11) is 0. The van der Waals surface area contributed by atoms with E-state index in [0.717, 1.165) is 24.9 Å². The zero-order valence-corrected chi connectivity index (χ0v) is 13.2. The largest absolute Gasteiger partial charge is 0.302 e. The van der Waals surface area contributed by atoms with Gasteiger partial charge in [-0.2, -0.15) is 0 Å².